The Labute approximate surface area is 167 Å². The van der Waals surface area contributed by atoms with Crippen LogP contribution >= 0.6 is 23.2 Å². The molecule has 1 aromatic carbocycles. The van der Waals surface area contributed by atoms with Gasteiger partial charge in [0.05, 0.1) is 15.7 Å². The Hall–Kier alpha value is -1.05. The van der Waals surface area contributed by atoms with Gasteiger partial charge >= 0.3 is 0 Å². The zero-order valence-corrected chi connectivity index (χ0v) is 16.8. The lowest BCUT2D eigenvalue weighted by Crippen LogP contribution is -2.10. The maximum absolute atomic E-state index is 6.30. The van der Waals surface area contributed by atoms with Gasteiger partial charge in [-0.1, -0.05) is 73.9 Å². The third kappa shape index (κ3) is 3.94. The van der Waals surface area contributed by atoms with Crippen molar-refractivity contribution in [3.05, 3.63) is 51.6 Å². The Morgan fingerprint density at radius 1 is 0.731 bits per heavy atom. The number of hydrogen-bond donors (Lipinski definition) is 0. The fraction of sp³-hybridized carbons (Fsp3) is 0.522. The van der Waals surface area contributed by atoms with Crippen molar-refractivity contribution in [1.29, 1.82) is 0 Å². The first-order chi connectivity index (χ1) is 12.7. The van der Waals surface area contributed by atoms with E-state index in [4.69, 9.17) is 28.2 Å². The molecule has 0 aliphatic heterocycles. The topological polar surface area (TPSA) is 12.9 Å². The number of halogens is 2. The van der Waals surface area contributed by atoms with E-state index in [9.17, 15) is 0 Å². The van der Waals surface area contributed by atoms with Gasteiger partial charge in [0, 0.05) is 11.8 Å². The Kier molecular flexibility index (Phi) is 5.86. The Morgan fingerprint density at radius 2 is 1.38 bits per heavy atom. The predicted octanol–water partition coefficient (Wildman–Crippen LogP) is 8.15. The summed E-state index contributed by atoms with van der Waals surface area (Å²) in [7, 11) is 0. The highest BCUT2D eigenvalue weighted by Gasteiger charge is 2.23. The molecule has 1 aromatic heterocycles. The highest BCUT2D eigenvalue weighted by Crippen LogP contribution is 2.41. The zero-order valence-electron chi connectivity index (χ0n) is 15.3. The van der Waals surface area contributed by atoms with E-state index in [1.165, 1.54) is 75.3 Å². The second-order valence-corrected chi connectivity index (χ2v) is 8.82. The molecular weight excluding hydrogens is 361 g/mol. The molecule has 0 atom stereocenters. The fourth-order valence-electron chi connectivity index (χ4n) is 4.77. The van der Waals surface area contributed by atoms with Crippen LogP contribution in [-0.2, 0) is 0 Å². The average Bonchev–Trinajstić information content (AvgIpc) is 2.71. The van der Waals surface area contributed by atoms with E-state index in [2.05, 4.69) is 18.3 Å². The van der Waals surface area contributed by atoms with Crippen LogP contribution in [-0.4, -0.2) is 4.98 Å². The van der Waals surface area contributed by atoms with Gasteiger partial charge in [-0.15, -0.1) is 0 Å². The largest absolute Gasteiger partial charge is 0.256 e. The predicted molar refractivity (Wildman–Crippen MR) is 111 cm³/mol. The number of aromatic nitrogens is 1. The van der Waals surface area contributed by atoms with Crippen molar-refractivity contribution in [1.82, 2.24) is 4.98 Å². The van der Waals surface area contributed by atoms with Gasteiger partial charge in [0.15, 0.2) is 0 Å². The van der Waals surface area contributed by atoms with Crippen LogP contribution in [0.4, 0.5) is 0 Å². The zero-order chi connectivity index (χ0) is 17.9. The molecule has 0 saturated heterocycles. The summed E-state index contributed by atoms with van der Waals surface area (Å²) in [6.45, 7) is 0. The molecule has 2 saturated carbocycles. The van der Waals surface area contributed by atoms with E-state index < -0.39 is 0 Å². The first-order valence-corrected chi connectivity index (χ1v) is 10.9. The highest BCUT2D eigenvalue weighted by molar-refractivity contribution is 6.42. The molecule has 0 unspecified atom stereocenters. The van der Waals surface area contributed by atoms with E-state index in [-0.39, 0.29) is 0 Å². The van der Waals surface area contributed by atoms with Crippen LogP contribution in [0.3, 0.4) is 0 Å². The van der Waals surface area contributed by atoms with Gasteiger partial charge in [-0.25, -0.2) is 0 Å². The van der Waals surface area contributed by atoms with Gasteiger partial charge in [-0.2, -0.15) is 0 Å². The van der Waals surface area contributed by atoms with Gasteiger partial charge in [0.25, 0.3) is 0 Å². The molecule has 2 fully saturated rings. The summed E-state index contributed by atoms with van der Waals surface area (Å²) in [6, 6.07) is 8.40. The number of nitrogens with zero attached hydrogens (tertiary/aromatic N) is 1. The van der Waals surface area contributed by atoms with Crippen molar-refractivity contribution < 1.29 is 0 Å². The molecule has 0 N–H and O–H groups in total. The molecule has 138 valence electrons. The van der Waals surface area contributed by atoms with E-state index in [1.807, 2.05) is 12.1 Å². The monoisotopic (exact) mass is 387 g/mol. The molecule has 0 amide bonds. The van der Waals surface area contributed by atoms with Crippen LogP contribution in [0.5, 0.6) is 0 Å². The number of benzene rings is 1. The maximum atomic E-state index is 6.30. The summed E-state index contributed by atoms with van der Waals surface area (Å²) in [5.41, 5.74) is 5.09. The van der Waals surface area contributed by atoms with Crippen LogP contribution < -0.4 is 0 Å². The molecule has 0 spiro atoms. The minimum absolute atomic E-state index is 0.605. The summed E-state index contributed by atoms with van der Waals surface area (Å²) >= 11 is 12.4. The van der Waals surface area contributed by atoms with E-state index >= 15 is 0 Å². The lowest BCUT2D eigenvalue weighted by atomic mass is 9.79. The molecule has 0 bridgehead atoms. The van der Waals surface area contributed by atoms with Gasteiger partial charge in [0.1, 0.15) is 0 Å². The summed E-state index contributed by atoms with van der Waals surface area (Å²) < 4.78 is 0. The van der Waals surface area contributed by atoms with Crippen molar-refractivity contribution in [2.75, 3.05) is 0 Å². The summed E-state index contributed by atoms with van der Waals surface area (Å²) in [6.07, 6.45) is 15.5. The van der Waals surface area contributed by atoms with Crippen molar-refractivity contribution in [2.24, 2.45) is 0 Å². The Morgan fingerprint density at radius 3 is 2.04 bits per heavy atom. The quantitative estimate of drug-likeness (QED) is 0.517. The van der Waals surface area contributed by atoms with Gasteiger partial charge in [-0.3, -0.25) is 4.98 Å². The lowest BCUT2D eigenvalue weighted by molar-refractivity contribution is 0.434. The average molecular weight is 388 g/mol. The normalized spacial score (nSPS) is 19.6. The summed E-state index contributed by atoms with van der Waals surface area (Å²) in [5.74, 6) is 1.32. The van der Waals surface area contributed by atoms with Crippen LogP contribution in [0.2, 0.25) is 10.0 Å². The number of hydrogen-bond acceptors (Lipinski definition) is 1. The molecule has 0 radical (unpaired) electrons. The smallest absolute Gasteiger partial charge is 0.0737 e. The minimum atomic E-state index is 0.605. The van der Waals surface area contributed by atoms with E-state index in [0.29, 0.717) is 21.9 Å². The van der Waals surface area contributed by atoms with Crippen molar-refractivity contribution in [3.63, 3.8) is 0 Å². The Bertz CT molecular complexity index is 759. The standard InChI is InChI=1S/C23H27Cl2N/c24-21-12-11-18(14-22(21)25)23-20(17-9-5-2-6-10-17)13-19(15-26-23)16-7-3-1-4-8-16/h11-17H,1-10H2. The van der Waals surface area contributed by atoms with Gasteiger partial charge in [0.2, 0.25) is 0 Å². The SMILES string of the molecule is Clc1ccc(-c2ncc(C3CCCCC3)cc2C2CCCCC2)cc1Cl. The lowest BCUT2D eigenvalue weighted by Gasteiger charge is -2.27. The molecule has 2 aliphatic rings. The first-order valence-electron chi connectivity index (χ1n) is 10.2. The fourth-order valence-corrected chi connectivity index (χ4v) is 5.07. The second kappa shape index (κ2) is 8.31. The second-order valence-electron chi connectivity index (χ2n) is 8.01. The summed E-state index contributed by atoms with van der Waals surface area (Å²) in [5, 5.41) is 1.21. The third-order valence-corrected chi connectivity index (χ3v) is 6.99. The van der Waals surface area contributed by atoms with Crippen molar-refractivity contribution in [2.45, 2.75) is 76.0 Å². The highest BCUT2D eigenvalue weighted by atomic mass is 35.5. The Balaban J connectivity index is 1.74. The molecular formula is C23H27Cl2N. The van der Waals surface area contributed by atoms with Crippen LogP contribution in [0.25, 0.3) is 11.3 Å². The van der Waals surface area contributed by atoms with Crippen molar-refractivity contribution >= 4 is 23.2 Å². The maximum Gasteiger partial charge on any atom is 0.0737 e. The number of pyridine rings is 1. The molecule has 26 heavy (non-hydrogen) atoms. The van der Waals surface area contributed by atoms with E-state index in [1.54, 1.807) is 0 Å². The van der Waals surface area contributed by atoms with E-state index in [0.717, 1.165) is 11.3 Å². The minimum Gasteiger partial charge on any atom is -0.256 e. The number of rotatable bonds is 3. The molecule has 2 aromatic rings. The van der Waals surface area contributed by atoms with Gasteiger partial charge in [-0.05, 0) is 60.8 Å². The van der Waals surface area contributed by atoms with Crippen molar-refractivity contribution in [3.8, 4) is 11.3 Å². The van der Waals surface area contributed by atoms with Gasteiger partial charge < -0.3 is 0 Å². The van der Waals surface area contributed by atoms with Crippen LogP contribution in [0.1, 0.15) is 87.2 Å². The first kappa shape index (κ1) is 18.3. The van der Waals surface area contributed by atoms with Crippen LogP contribution in [0.15, 0.2) is 30.5 Å². The molecule has 2 aliphatic carbocycles. The molecule has 1 heterocycles. The summed E-state index contributed by atoms with van der Waals surface area (Å²) in [4.78, 5) is 4.97. The third-order valence-electron chi connectivity index (χ3n) is 6.25. The molecule has 4 rings (SSSR count). The van der Waals surface area contributed by atoms with Crippen LogP contribution in [0, 0.1) is 0 Å². The molecule has 3 heteroatoms. The molecule has 1 nitrogen and oxygen atoms in total.